The average Bonchev–Trinajstić information content (AvgIpc) is 3.52. The number of thioether (sulfide) groups is 1. The van der Waals surface area contributed by atoms with Gasteiger partial charge < -0.3 is 19.4 Å². The predicted molar refractivity (Wildman–Crippen MR) is 128 cm³/mol. The SMILES string of the molecule is CCn1c(SCC(=O)Nc2sc3c(c2C(=O)OC)CCC3)nnc1C(C)Oc1ccc(F)cc1. The van der Waals surface area contributed by atoms with Crippen LogP contribution < -0.4 is 10.1 Å². The average molecular weight is 505 g/mol. The first-order valence-corrected chi connectivity index (χ1v) is 12.7. The number of esters is 1. The summed E-state index contributed by atoms with van der Waals surface area (Å²) >= 11 is 2.70. The number of ether oxygens (including phenoxy) is 2. The van der Waals surface area contributed by atoms with Gasteiger partial charge in [0, 0.05) is 11.4 Å². The summed E-state index contributed by atoms with van der Waals surface area (Å²) in [6.07, 6.45) is 2.32. The molecule has 3 aromatic rings. The number of hydrogen-bond donors (Lipinski definition) is 1. The van der Waals surface area contributed by atoms with Crippen LogP contribution in [0, 0.1) is 5.82 Å². The Labute approximate surface area is 204 Å². The first kappa shape index (κ1) is 24.2. The van der Waals surface area contributed by atoms with Crippen molar-refractivity contribution in [3.05, 3.63) is 51.9 Å². The van der Waals surface area contributed by atoms with Crippen molar-refractivity contribution in [2.75, 3.05) is 18.2 Å². The van der Waals surface area contributed by atoms with E-state index < -0.39 is 12.1 Å². The number of fused-ring (bicyclic) bond motifs is 1. The van der Waals surface area contributed by atoms with E-state index >= 15 is 0 Å². The van der Waals surface area contributed by atoms with Crippen LogP contribution in [0.4, 0.5) is 9.39 Å². The fourth-order valence-electron chi connectivity index (χ4n) is 3.88. The summed E-state index contributed by atoms with van der Waals surface area (Å²) in [5.41, 5.74) is 1.47. The maximum atomic E-state index is 13.1. The van der Waals surface area contributed by atoms with Crippen LogP contribution >= 0.6 is 23.1 Å². The molecule has 0 bridgehead atoms. The first-order valence-electron chi connectivity index (χ1n) is 10.9. The van der Waals surface area contributed by atoms with E-state index in [1.165, 1.54) is 42.3 Å². The number of halogens is 1. The van der Waals surface area contributed by atoms with Crippen LogP contribution in [-0.2, 0) is 28.9 Å². The Morgan fingerprint density at radius 3 is 2.74 bits per heavy atom. The summed E-state index contributed by atoms with van der Waals surface area (Å²) in [6, 6.07) is 5.78. The third-order valence-corrected chi connectivity index (χ3v) is 7.62. The van der Waals surface area contributed by atoms with Gasteiger partial charge in [-0.3, -0.25) is 4.79 Å². The highest BCUT2D eigenvalue weighted by molar-refractivity contribution is 7.99. The molecule has 1 aromatic carbocycles. The van der Waals surface area contributed by atoms with Gasteiger partial charge in [-0.1, -0.05) is 11.8 Å². The lowest BCUT2D eigenvalue weighted by Gasteiger charge is -2.15. The minimum atomic E-state index is -0.423. The van der Waals surface area contributed by atoms with Crippen LogP contribution in [0.5, 0.6) is 5.75 Å². The van der Waals surface area contributed by atoms with Crippen LogP contribution in [0.3, 0.4) is 0 Å². The van der Waals surface area contributed by atoms with Gasteiger partial charge in [-0.2, -0.15) is 0 Å². The summed E-state index contributed by atoms with van der Waals surface area (Å²) in [6.45, 7) is 4.38. The zero-order valence-electron chi connectivity index (χ0n) is 19.1. The zero-order valence-corrected chi connectivity index (χ0v) is 20.7. The van der Waals surface area contributed by atoms with Gasteiger partial charge in [0.1, 0.15) is 16.6 Å². The van der Waals surface area contributed by atoms with Gasteiger partial charge in [-0.15, -0.1) is 21.5 Å². The topological polar surface area (TPSA) is 95.3 Å². The van der Waals surface area contributed by atoms with Crippen LogP contribution in [0.25, 0.3) is 0 Å². The van der Waals surface area contributed by atoms with Crippen LogP contribution in [0.15, 0.2) is 29.4 Å². The number of aromatic nitrogens is 3. The second-order valence-electron chi connectivity index (χ2n) is 7.69. The lowest BCUT2D eigenvalue weighted by Crippen LogP contribution is -2.17. The number of carbonyl (C=O) groups excluding carboxylic acids is 2. The molecule has 0 aliphatic heterocycles. The molecule has 1 N–H and O–H groups in total. The molecular weight excluding hydrogens is 479 g/mol. The minimum Gasteiger partial charge on any atom is -0.483 e. The number of benzene rings is 1. The second-order valence-corrected chi connectivity index (χ2v) is 9.74. The maximum absolute atomic E-state index is 13.1. The molecule has 1 unspecified atom stereocenters. The largest absolute Gasteiger partial charge is 0.483 e. The minimum absolute atomic E-state index is 0.106. The standard InChI is InChI=1S/C23H25FN4O4S2/c1-4-28-20(13(2)32-15-10-8-14(24)9-11-15)26-27-23(28)33-12-18(29)25-21-19(22(30)31-3)16-6-5-7-17(16)34-21/h8-11,13H,4-7,12H2,1-3H3,(H,25,29). The van der Waals surface area contributed by atoms with E-state index in [2.05, 4.69) is 15.5 Å². The fraction of sp³-hybridized carbons (Fsp3) is 0.391. The molecular formula is C23H25FN4O4S2. The summed E-state index contributed by atoms with van der Waals surface area (Å²) in [5, 5.41) is 12.5. The Morgan fingerprint density at radius 2 is 2.03 bits per heavy atom. The normalized spacial score (nSPS) is 13.4. The molecule has 2 aromatic heterocycles. The Morgan fingerprint density at radius 1 is 1.26 bits per heavy atom. The first-order chi connectivity index (χ1) is 16.4. The summed E-state index contributed by atoms with van der Waals surface area (Å²) in [5.74, 6) is 0.245. The Kier molecular flexibility index (Phi) is 7.52. The van der Waals surface area contributed by atoms with Gasteiger partial charge in [0.15, 0.2) is 17.1 Å². The van der Waals surface area contributed by atoms with Crippen molar-refractivity contribution in [1.82, 2.24) is 14.8 Å². The third-order valence-electron chi connectivity index (χ3n) is 5.45. The molecule has 1 amide bonds. The van der Waals surface area contributed by atoms with Gasteiger partial charge >= 0.3 is 5.97 Å². The highest BCUT2D eigenvalue weighted by Gasteiger charge is 2.28. The molecule has 8 nitrogen and oxygen atoms in total. The fourth-order valence-corrected chi connectivity index (χ4v) is 5.98. The number of nitrogens with one attached hydrogen (secondary N) is 1. The van der Waals surface area contributed by atoms with Gasteiger partial charge in [-0.25, -0.2) is 9.18 Å². The van der Waals surface area contributed by atoms with Crippen molar-refractivity contribution in [3.8, 4) is 5.75 Å². The van der Waals surface area contributed by atoms with E-state index in [0.29, 0.717) is 33.8 Å². The van der Waals surface area contributed by atoms with E-state index in [0.717, 1.165) is 29.7 Å². The van der Waals surface area contributed by atoms with E-state index in [1.807, 2.05) is 18.4 Å². The number of nitrogens with zero attached hydrogens (tertiary/aromatic N) is 3. The molecule has 2 heterocycles. The van der Waals surface area contributed by atoms with Crippen molar-refractivity contribution in [1.29, 1.82) is 0 Å². The molecule has 0 spiro atoms. The smallest absolute Gasteiger partial charge is 0.341 e. The number of rotatable bonds is 9. The number of carbonyl (C=O) groups is 2. The second kappa shape index (κ2) is 10.6. The van der Waals surface area contributed by atoms with Crippen molar-refractivity contribution in [2.45, 2.75) is 50.9 Å². The Hall–Kier alpha value is -2.92. The van der Waals surface area contributed by atoms with Gasteiger partial charge in [0.05, 0.1) is 18.4 Å². The zero-order chi connectivity index (χ0) is 24.2. The predicted octanol–water partition coefficient (Wildman–Crippen LogP) is 4.64. The lowest BCUT2D eigenvalue weighted by atomic mass is 10.1. The molecule has 0 fully saturated rings. The van der Waals surface area contributed by atoms with E-state index in [9.17, 15) is 14.0 Å². The molecule has 0 saturated heterocycles. The summed E-state index contributed by atoms with van der Waals surface area (Å²) < 4.78 is 25.8. The van der Waals surface area contributed by atoms with E-state index in [-0.39, 0.29) is 17.5 Å². The highest BCUT2D eigenvalue weighted by atomic mass is 32.2. The van der Waals surface area contributed by atoms with Gasteiger partial charge in [-0.05, 0) is 62.9 Å². The summed E-state index contributed by atoms with van der Waals surface area (Å²) in [7, 11) is 1.35. The van der Waals surface area contributed by atoms with Gasteiger partial charge in [0.2, 0.25) is 5.91 Å². The quantitative estimate of drug-likeness (QED) is 0.335. The van der Waals surface area contributed by atoms with Crippen molar-refractivity contribution >= 4 is 40.0 Å². The lowest BCUT2D eigenvalue weighted by molar-refractivity contribution is -0.113. The Balaban J connectivity index is 1.41. The number of thiophene rings is 1. The molecule has 180 valence electrons. The van der Waals surface area contributed by atoms with Crippen molar-refractivity contribution in [3.63, 3.8) is 0 Å². The highest BCUT2D eigenvalue weighted by Crippen LogP contribution is 2.39. The van der Waals surface area contributed by atoms with Crippen LogP contribution in [0.1, 0.15) is 53.0 Å². The monoisotopic (exact) mass is 504 g/mol. The van der Waals surface area contributed by atoms with E-state index in [1.54, 1.807) is 12.1 Å². The molecule has 0 radical (unpaired) electrons. The van der Waals surface area contributed by atoms with Crippen LogP contribution in [-0.4, -0.2) is 39.5 Å². The maximum Gasteiger partial charge on any atom is 0.341 e. The molecule has 0 saturated carbocycles. The molecule has 4 rings (SSSR count). The molecule has 1 aliphatic rings. The van der Waals surface area contributed by atoms with Gasteiger partial charge in [0.25, 0.3) is 0 Å². The summed E-state index contributed by atoms with van der Waals surface area (Å²) in [4.78, 5) is 26.1. The number of hydrogen-bond acceptors (Lipinski definition) is 8. The number of aryl methyl sites for hydroxylation is 1. The third kappa shape index (κ3) is 5.10. The van der Waals surface area contributed by atoms with Crippen LogP contribution in [0.2, 0.25) is 0 Å². The molecule has 1 aliphatic carbocycles. The van der Waals surface area contributed by atoms with E-state index in [4.69, 9.17) is 9.47 Å². The van der Waals surface area contributed by atoms with Crippen molar-refractivity contribution in [2.24, 2.45) is 0 Å². The van der Waals surface area contributed by atoms with Crippen molar-refractivity contribution < 1.29 is 23.5 Å². The number of amides is 1. The number of anilines is 1. The Bertz CT molecular complexity index is 1190. The molecule has 11 heteroatoms. The molecule has 1 atom stereocenters. The number of methoxy groups -OCH3 is 1. The molecule has 34 heavy (non-hydrogen) atoms.